The van der Waals surface area contributed by atoms with Crippen molar-refractivity contribution in [3.05, 3.63) is 34.9 Å². The number of hydrogen-bond donors (Lipinski definition) is 2. The standard InChI is InChI=1S/C18H27ClN2O2/c1-13(22)15-7-8-21(11-15)17(23)20-12-18(2,3)10-14-5-4-6-16(19)9-14/h4-6,9,13,15,22H,7-8,10-12H2,1-3H3,(H,20,23)/t13-,15+/m0/s1. The lowest BCUT2D eigenvalue weighted by Gasteiger charge is -2.27. The lowest BCUT2D eigenvalue weighted by molar-refractivity contribution is 0.129. The van der Waals surface area contributed by atoms with E-state index < -0.39 is 0 Å². The highest BCUT2D eigenvalue weighted by atomic mass is 35.5. The van der Waals surface area contributed by atoms with E-state index in [1.54, 1.807) is 11.8 Å². The number of likely N-dealkylation sites (tertiary alicyclic amines) is 1. The number of nitrogens with one attached hydrogen (secondary N) is 1. The number of rotatable bonds is 5. The van der Waals surface area contributed by atoms with Crippen molar-refractivity contribution in [3.63, 3.8) is 0 Å². The highest BCUT2D eigenvalue weighted by Crippen LogP contribution is 2.24. The van der Waals surface area contributed by atoms with Crippen LogP contribution in [-0.4, -0.2) is 41.8 Å². The number of urea groups is 1. The molecular formula is C18H27ClN2O2. The first-order valence-electron chi connectivity index (χ1n) is 8.22. The summed E-state index contributed by atoms with van der Waals surface area (Å²) in [5, 5.41) is 13.4. The Morgan fingerprint density at radius 1 is 1.52 bits per heavy atom. The Morgan fingerprint density at radius 3 is 2.87 bits per heavy atom. The van der Waals surface area contributed by atoms with Crippen molar-refractivity contribution in [3.8, 4) is 0 Å². The quantitative estimate of drug-likeness (QED) is 0.865. The molecule has 0 unspecified atom stereocenters. The molecule has 0 aliphatic carbocycles. The van der Waals surface area contributed by atoms with Gasteiger partial charge >= 0.3 is 6.03 Å². The van der Waals surface area contributed by atoms with Crippen molar-refractivity contribution in [2.75, 3.05) is 19.6 Å². The van der Waals surface area contributed by atoms with Crippen LogP contribution in [0, 0.1) is 11.3 Å². The Labute approximate surface area is 143 Å². The molecule has 0 radical (unpaired) electrons. The molecule has 1 fully saturated rings. The fraction of sp³-hybridized carbons (Fsp3) is 0.611. The van der Waals surface area contributed by atoms with Gasteiger partial charge in [0.05, 0.1) is 6.10 Å². The van der Waals surface area contributed by atoms with Gasteiger partial charge in [-0.25, -0.2) is 4.79 Å². The van der Waals surface area contributed by atoms with Crippen LogP contribution < -0.4 is 5.32 Å². The monoisotopic (exact) mass is 338 g/mol. The molecule has 0 bridgehead atoms. The smallest absolute Gasteiger partial charge is 0.317 e. The molecule has 1 aliphatic rings. The van der Waals surface area contributed by atoms with Gasteiger partial charge in [-0.2, -0.15) is 0 Å². The molecule has 2 atom stereocenters. The maximum absolute atomic E-state index is 12.3. The van der Waals surface area contributed by atoms with Crippen molar-refractivity contribution >= 4 is 17.6 Å². The molecular weight excluding hydrogens is 312 g/mol. The lowest BCUT2D eigenvalue weighted by Crippen LogP contribution is -2.43. The minimum absolute atomic E-state index is 0.0349. The summed E-state index contributed by atoms with van der Waals surface area (Å²) < 4.78 is 0. The normalized spacial score (nSPS) is 19.7. The molecule has 0 spiro atoms. The second-order valence-corrected chi connectivity index (χ2v) is 7.80. The van der Waals surface area contributed by atoms with Crippen LogP contribution in [0.4, 0.5) is 4.79 Å². The van der Waals surface area contributed by atoms with E-state index in [1.807, 2.05) is 18.2 Å². The summed E-state index contributed by atoms with van der Waals surface area (Å²) in [6.45, 7) is 8.02. The van der Waals surface area contributed by atoms with Crippen LogP contribution in [0.1, 0.15) is 32.8 Å². The molecule has 128 valence electrons. The minimum Gasteiger partial charge on any atom is -0.393 e. The number of aliphatic hydroxyl groups is 1. The molecule has 1 aromatic carbocycles. The van der Waals surface area contributed by atoms with Gasteiger partial charge in [0.2, 0.25) is 0 Å². The third kappa shape index (κ3) is 5.40. The van der Waals surface area contributed by atoms with Gasteiger partial charge in [-0.3, -0.25) is 0 Å². The second-order valence-electron chi connectivity index (χ2n) is 7.36. The summed E-state index contributed by atoms with van der Waals surface area (Å²) in [6.07, 6.45) is 1.37. The molecule has 1 aromatic rings. The van der Waals surface area contributed by atoms with Gasteiger partial charge in [0, 0.05) is 30.6 Å². The first kappa shape index (κ1) is 18.1. The van der Waals surface area contributed by atoms with Crippen LogP contribution in [0.2, 0.25) is 5.02 Å². The van der Waals surface area contributed by atoms with Gasteiger partial charge in [0.25, 0.3) is 0 Å². The largest absolute Gasteiger partial charge is 0.393 e. The summed E-state index contributed by atoms with van der Waals surface area (Å²) in [7, 11) is 0. The Kier molecular flexibility index (Phi) is 5.93. The first-order valence-corrected chi connectivity index (χ1v) is 8.60. The molecule has 4 nitrogen and oxygen atoms in total. The van der Waals surface area contributed by atoms with E-state index in [1.165, 1.54) is 5.56 Å². The Morgan fingerprint density at radius 2 is 2.26 bits per heavy atom. The van der Waals surface area contributed by atoms with Crippen molar-refractivity contribution in [1.29, 1.82) is 0 Å². The van der Waals surface area contributed by atoms with E-state index in [0.717, 1.165) is 24.4 Å². The van der Waals surface area contributed by atoms with Crippen LogP contribution in [0.5, 0.6) is 0 Å². The van der Waals surface area contributed by atoms with Gasteiger partial charge in [-0.1, -0.05) is 37.6 Å². The SMILES string of the molecule is C[C@H](O)[C@@H]1CCN(C(=O)NCC(C)(C)Cc2cccc(Cl)c2)C1. The van der Waals surface area contributed by atoms with Crippen molar-refractivity contribution in [2.24, 2.45) is 11.3 Å². The molecule has 1 aliphatic heterocycles. The predicted molar refractivity (Wildman–Crippen MR) is 93.7 cm³/mol. The third-order valence-corrected chi connectivity index (χ3v) is 4.72. The number of halogens is 1. The first-order chi connectivity index (χ1) is 10.8. The molecule has 23 heavy (non-hydrogen) atoms. The zero-order valence-electron chi connectivity index (χ0n) is 14.2. The van der Waals surface area contributed by atoms with Crippen molar-refractivity contribution in [1.82, 2.24) is 10.2 Å². The predicted octanol–water partition coefficient (Wildman–Crippen LogP) is 3.32. The maximum Gasteiger partial charge on any atom is 0.317 e. The Hall–Kier alpha value is -1.26. The van der Waals surface area contributed by atoms with Gasteiger partial charge < -0.3 is 15.3 Å². The molecule has 0 saturated carbocycles. The average molecular weight is 339 g/mol. The number of aliphatic hydroxyl groups excluding tert-OH is 1. The fourth-order valence-electron chi connectivity index (χ4n) is 3.05. The number of benzene rings is 1. The minimum atomic E-state index is -0.355. The molecule has 5 heteroatoms. The number of hydrogen-bond acceptors (Lipinski definition) is 2. The molecule has 1 saturated heterocycles. The van der Waals surface area contributed by atoms with E-state index in [0.29, 0.717) is 13.1 Å². The number of carbonyl (C=O) groups excluding carboxylic acids is 1. The van der Waals surface area contributed by atoms with Gasteiger partial charge in [0.1, 0.15) is 0 Å². The second kappa shape index (κ2) is 7.54. The summed E-state index contributed by atoms with van der Waals surface area (Å²) in [5.74, 6) is 0.195. The maximum atomic E-state index is 12.3. The fourth-order valence-corrected chi connectivity index (χ4v) is 3.27. The Bertz CT molecular complexity index is 546. The van der Waals surface area contributed by atoms with Crippen molar-refractivity contribution in [2.45, 2.75) is 39.7 Å². The zero-order chi connectivity index (χ0) is 17.0. The van der Waals surface area contributed by atoms with Crippen LogP contribution in [0.25, 0.3) is 0 Å². The van der Waals surface area contributed by atoms with Gasteiger partial charge in [-0.15, -0.1) is 0 Å². The highest BCUT2D eigenvalue weighted by molar-refractivity contribution is 6.30. The van der Waals surface area contributed by atoms with Crippen LogP contribution in [0.3, 0.4) is 0 Å². The van der Waals surface area contributed by atoms with Gasteiger partial charge in [-0.05, 0) is 42.9 Å². The Balaban J connectivity index is 1.83. The number of nitrogens with zero attached hydrogens (tertiary/aromatic N) is 1. The summed E-state index contributed by atoms with van der Waals surface area (Å²) >= 11 is 6.03. The van der Waals surface area contributed by atoms with E-state index in [4.69, 9.17) is 11.6 Å². The molecule has 2 rings (SSSR count). The van der Waals surface area contributed by atoms with E-state index in [9.17, 15) is 9.90 Å². The van der Waals surface area contributed by atoms with Crippen LogP contribution >= 0.6 is 11.6 Å². The third-order valence-electron chi connectivity index (χ3n) is 4.48. The van der Waals surface area contributed by atoms with Crippen LogP contribution in [0.15, 0.2) is 24.3 Å². The average Bonchev–Trinajstić information content (AvgIpc) is 2.94. The van der Waals surface area contributed by atoms with E-state index in [2.05, 4.69) is 25.2 Å². The number of amides is 2. The molecule has 2 amide bonds. The summed E-state index contributed by atoms with van der Waals surface area (Å²) in [5.41, 5.74) is 1.12. The summed E-state index contributed by atoms with van der Waals surface area (Å²) in [6, 6.07) is 7.81. The number of carbonyl (C=O) groups is 1. The topological polar surface area (TPSA) is 52.6 Å². The van der Waals surface area contributed by atoms with Crippen LogP contribution in [-0.2, 0) is 6.42 Å². The molecule has 0 aromatic heterocycles. The van der Waals surface area contributed by atoms with Gasteiger partial charge in [0.15, 0.2) is 0 Å². The van der Waals surface area contributed by atoms with E-state index >= 15 is 0 Å². The van der Waals surface area contributed by atoms with E-state index in [-0.39, 0.29) is 23.5 Å². The lowest BCUT2D eigenvalue weighted by atomic mass is 9.86. The highest BCUT2D eigenvalue weighted by Gasteiger charge is 2.29. The van der Waals surface area contributed by atoms with Crippen molar-refractivity contribution < 1.29 is 9.90 Å². The zero-order valence-corrected chi connectivity index (χ0v) is 14.9. The molecule has 2 N–H and O–H groups in total. The summed E-state index contributed by atoms with van der Waals surface area (Å²) in [4.78, 5) is 14.1. The molecule has 1 heterocycles.